The molecule has 0 aliphatic carbocycles. The maximum atomic E-state index is 14.6. The predicted molar refractivity (Wildman–Crippen MR) is 111 cm³/mol. The van der Waals surface area contributed by atoms with Crippen molar-refractivity contribution >= 4 is 21.6 Å². The van der Waals surface area contributed by atoms with Crippen LogP contribution in [0.25, 0.3) is 0 Å². The van der Waals surface area contributed by atoms with Gasteiger partial charge >= 0.3 is 0 Å². The monoisotopic (exact) mass is 436 g/mol. The van der Waals surface area contributed by atoms with E-state index in [2.05, 4.69) is 53.2 Å². The van der Waals surface area contributed by atoms with Crippen LogP contribution in [-0.2, 0) is 0 Å². The van der Waals surface area contributed by atoms with Gasteiger partial charge in [-0.05, 0) is 36.8 Å². The minimum Gasteiger partial charge on any atom is -0.464 e. The number of aryl methyl sites for hydroxylation is 1. The fourth-order valence-corrected chi connectivity index (χ4v) is 4.24. The Bertz CT molecular complexity index is 1080. The third-order valence-corrected chi connectivity index (χ3v) is 5.80. The first kappa shape index (κ1) is 17.4. The van der Waals surface area contributed by atoms with Crippen LogP contribution in [0.15, 0.2) is 76.3 Å². The highest BCUT2D eigenvalue weighted by Crippen LogP contribution is 2.48. The number of hydrogen-bond donors (Lipinski definition) is 0. The zero-order valence-corrected chi connectivity index (χ0v) is 16.9. The molecular weight excluding hydrogens is 419 g/mol. The molecule has 2 atom stereocenters. The van der Waals surface area contributed by atoms with Gasteiger partial charge in [-0.15, -0.1) is 0 Å². The fraction of sp³-hybridized carbons (Fsp3) is 0.174. The predicted octanol–water partition coefficient (Wildman–Crippen LogP) is 6.14. The molecule has 2 aliphatic rings. The second kappa shape index (κ2) is 6.74. The van der Waals surface area contributed by atoms with Crippen molar-refractivity contribution in [2.24, 2.45) is 5.10 Å². The van der Waals surface area contributed by atoms with Crippen molar-refractivity contribution in [3.8, 4) is 5.75 Å². The summed E-state index contributed by atoms with van der Waals surface area (Å²) in [5, 5.41) is 6.79. The van der Waals surface area contributed by atoms with Crippen LogP contribution in [0, 0.1) is 12.7 Å². The summed E-state index contributed by atoms with van der Waals surface area (Å²) < 4.78 is 21.8. The van der Waals surface area contributed by atoms with Gasteiger partial charge in [-0.25, -0.2) is 9.40 Å². The Morgan fingerprint density at radius 3 is 2.61 bits per heavy atom. The summed E-state index contributed by atoms with van der Waals surface area (Å²) in [6, 6.07) is 21.1. The molecule has 2 heterocycles. The molecule has 0 bridgehead atoms. The second-order valence-electron chi connectivity index (χ2n) is 7.19. The third kappa shape index (κ3) is 2.90. The quantitative estimate of drug-likeness (QED) is 0.481. The summed E-state index contributed by atoms with van der Waals surface area (Å²) in [6.45, 7) is 2.07. The fourth-order valence-electron chi connectivity index (χ4n) is 3.86. The lowest BCUT2D eigenvalue weighted by molar-refractivity contribution is -0.0212. The molecule has 3 aromatic carbocycles. The van der Waals surface area contributed by atoms with Gasteiger partial charge in [0.15, 0.2) is 0 Å². The van der Waals surface area contributed by atoms with Gasteiger partial charge in [0.25, 0.3) is 0 Å². The summed E-state index contributed by atoms with van der Waals surface area (Å²) in [7, 11) is 0. The van der Waals surface area contributed by atoms with Crippen molar-refractivity contribution < 1.29 is 9.13 Å². The van der Waals surface area contributed by atoms with Gasteiger partial charge in [0.1, 0.15) is 11.6 Å². The minimum absolute atomic E-state index is 0.00200. The number of benzene rings is 3. The topological polar surface area (TPSA) is 24.8 Å². The molecule has 0 fully saturated rings. The highest BCUT2D eigenvalue weighted by molar-refractivity contribution is 9.10. The molecule has 140 valence electrons. The van der Waals surface area contributed by atoms with Crippen molar-refractivity contribution in [3.05, 3.63) is 99.3 Å². The van der Waals surface area contributed by atoms with Crippen molar-refractivity contribution in [2.45, 2.75) is 25.6 Å². The van der Waals surface area contributed by atoms with E-state index in [9.17, 15) is 4.39 Å². The largest absolute Gasteiger partial charge is 0.464 e. The molecule has 3 aromatic rings. The van der Waals surface area contributed by atoms with Gasteiger partial charge in [0, 0.05) is 16.5 Å². The maximum Gasteiger partial charge on any atom is 0.216 e. The summed E-state index contributed by atoms with van der Waals surface area (Å²) in [5.74, 6) is 0.490. The number of rotatable bonds is 2. The maximum absolute atomic E-state index is 14.6. The molecule has 0 saturated heterocycles. The number of nitrogens with zero attached hydrogens (tertiary/aromatic N) is 2. The van der Waals surface area contributed by atoms with Crippen LogP contribution >= 0.6 is 15.9 Å². The Labute approximate surface area is 171 Å². The minimum atomic E-state index is -0.595. The van der Waals surface area contributed by atoms with Crippen molar-refractivity contribution in [1.29, 1.82) is 0 Å². The average Bonchev–Trinajstić information content (AvgIpc) is 3.14. The molecule has 0 amide bonds. The first-order chi connectivity index (χ1) is 13.6. The number of fused-ring (bicyclic) bond motifs is 3. The van der Waals surface area contributed by atoms with Crippen LogP contribution in [0.4, 0.5) is 4.39 Å². The summed E-state index contributed by atoms with van der Waals surface area (Å²) in [4.78, 5) is 0. The van der Waals surface area contributed by atoms with Crippen LogP contribution in [0.2, 0.25) is 0 Å². The lowest BCUT2D eigenvalue weighted by Gasteiger charge is -2.38. The van der Waals surface area contributed by atoms with Crippen LogP contribution < -0.4 is 4.74 Å². The number of halogens is 2. The SMILES string of the molecule is Cc1ccc(C2=NN3C(C2)c2cc(Br)ccc2OC3c2ccccc2F)cc1. The number of hydrogen-bond acceptors (Lipinski definition) is 3. The van der Waals surface area contributed by atoms with Gasteiger partial charge in [-0.2, -0.15) is 5.10 Å². The van der Waals surface area contributed by atoms with Gasteiger partial charge in [-0.1, -0.05) is 64.0 Å². The molecule has 0 spiro atoms. The molecule has 0 N–H and O–H groups in total. The van der Waals surface area contributed by atoms with E-state index in [-0.39, 0.29) is 11.9 Å². The molecule has 0 radical (unpaired) electrons. The lowest BCUT2D eigenvalue weighted by atomic mass is 9.95. The molecule has 3 nitrogen and oxygen atoms in total. The summed E-state index contributed by atoms with van der Waals surface area (Å²) >= 11 is 3.56. The van der Waals surface area contributed by atoms with E-state index in [1.165, 1.54) is 11.6 Å². The standard InChI is InChI=1S/C23H18BrFN2O/c1-14-6-8-15(9-7-14)20-13-21-18-12-16(24)10-11-22(18)28-23(27(21)26-20)17-4-2-3-5-19(17)25/h2-12,21,23H,13H2,1H3. The second-order valence-corrected chi connectivity index (χ2v) is 8.10. The van der Waals surface area contributed by atoms with Crippen LogP contribution in [0.1, 0.15) is 40.9 Å². The normalized spacial score (nSPS) is 20.2. The van der Waals surface area contributed by atoms with Gasteiger partial charge < -0.3 is 4.74 Å². The Morgan fingerprint density at radius 1 is 1.04 bits per heavy atom. The Kier molecular flexibility index (Phi) is 4.20. The lowest BCUT2D eigenvalue weighted by Crippen LogP contribution is -2.34. The summed E-state index contributed by atoms with van der Waals surface area (Å²) in [5.41, 5.74) is 4.84. The third-order valence-electron chi connectivity index (χ3n) is 5.31. The number of ether oxygens (including phenoxy) is 1. The molecular formula is C23H18BrFN2O. The Hall–Kier alpha value is -2.66. The average molecular weight is 437 g/mol. The van der Waals surface area contributed by atoms with E-state index >= 15 is 0 Å². The van der Waals surface area contributed by atoms with E-state index < -0.39 is 6.23 Å². The van der Waals surface area contributed by atoms with Gasteiger partial charge in [0.2, 0.25) is 6.23 Å². The molecule has 5 heteroatoms. The van der Waals surface area contributed by atoms with E-state index in [1.54, 1.807) is 12.1 Å². The Morgan fingerprint density at radius 2 is 1.82 bits per heavy atom. The zero-order chi connectivity index (χ0) is 19.3. The molecule has 0 aromatic heterocycles. The van der Waals surface area contributed by atoms with Crippen molar-refractivity contribution in [1.82, 2.24) is 5.01 Å². The van der Waals surface area contributed by atoms with E-state index in [0.29, 0.717) is 5.56 Å². The van der Waals surface area contributed by atoms with Crippen LogP contribution in [0.3, 0.4) is 0 Å². The van der Waals surface area contributed by atoms with Gasteiger partial charge in [-0.3, -0.25) is 0 Å². The Balaban J connectivity index is 1.62. The first-order valence-corrected chi connectivity index (χ1v) is 10.0. The molecule has 28 heavy (non-hydrogen) atoms. The smallest absolute Gasteiger partial charge is 0.216 e. The van der Waals surface area contributed by atoms with Gasteiger partial charge in [0.05, 0.1) is 17.3 Å². The molecule has 2 unspecified atom stereocenters. The van der Waals surface area contributed by atoms with Crippen LogP contribution in [-0.4, -0.2) is 10.7 Å². The van der Waals surface area contributed by atoms with Crippen LogP contribution in [0.5, 0.6) is 5.75 Å². The molecule has 0 saturated carbocycles. The van der Waals surface area contributed by atoms with Crippen molar-refractivity contribution in [2.75, 3.05) is 0 Å². The number of hydrazone groups is 1. The molecule has 2 aliphatic heterocycles. The summed E-state index contributed by atoms with van der Waals surface area (Å²) in [6.07, 6.45) is 0.156. The molecule has 5 rings (SSSR count). The van der Waals surface area contributed by atoms with Crippen molar-refractivity contribution in [3.63, 3.8) is 0 Å². The van der Waals surface area contributed by atoms with E-state index in [1.807, 2.05) is 23.2 Å². The van der Waals surface area contributed by atoms with E-state index in [4.69, 9.17) is 9.84 Å². The first-order valence-electron chi connectivity index (χ1n) is 9.23. The zero-order valence-electron chi connectivity index (χ0n) is 15.3. The highest BCUT2D eigenvalue weighted by Gasteiger charge is 2.41. The highest BCUT2D eigenvalue weighted by atomic mass is 79.9. The van der Waals surface area contributed by atoms with E-state index in [0.717, 1.165) is 33.5 Å².